The number of hydrogen-bond donors (Lipinski definition) is 2. The fourth-order valence-corrected chi connectivity index (χ4v) is 5.02. The zero-order chi connectivity index (χ0) is 23.2. The third-order valence-corrected chi connectivity index (χ3v) is 6.38. The summed E-state index contributed by atoms with van der Waals surface area (Å²) >= 11 is 0. The average molecular weight is 441 g/mol. The van der Waals surface area contributed by atoms with Crippen molar-refractivity contribution in [3.63, 3.8) is 0 Å². The first-order valence-corrected chi connectivity index (χ1v) is 11.2. The average Bonchev–Trinajstić information content (AvgIpc) is 3.11. The van der Waals surface area contributed by atoms with Crippen molar-refractivity contribution in [1.29, 1.82) is 0 Å². The number of carbonyl (C=O) groups is 1. The Morgan fingerprint density at radius 1 is 1.00 bits per heavy atom. The predicted octanol–water partition coefficient (Wildman–Crippen LogP) is 6.66. The highest BCUT2D eigenvalue weighted by atomic mass is 16.5. The SMILES string of the molecule is COc1cc2c(cc1NC(=O)OCC1c3ccccc3-c3ccccc31)C(C)=CC(C)(C)N2. The Hall–Kier alpha value is -3.73. The van der Waals surface area contributed by atoms with Crippen LogP contribution in [0.3, 0.4) is 0 Å². The maximum atomic E-state index is 12.8. The molecule has 0 fully saturated rings. The van der Waals surface area contributed by atoms with Crippen molar-refractivity contribution in [2.24, 2.45) is 0 Å². The standard InChI is InChI=1S/C28H28N2O3/c1-17-15-28(2,3)30-24-14-26(32-4)25(13-22(17)24)29-27(31)33-16-23-20-11-7-5-9-18(20)19-10-6-8-12-21(19)23/h5-15,23,30H,16H2,1-4H3,(H,29,31). The molecule has 0 saturated heterocycles. The Balaban J connectivity index is 1.35. The van der Waals surface area contributed by atoms with Crippen molar-refractivity contribution in [2.75, 3.05) is 24.4 Å². The number of amides is 1. The Kier molecular flexibility index (Phi) is 5.12. The van der Waals surface area contributed by atoms with Crippen molar-refractivity contribution in [3.8, 4) is 16.9 Å². The van der Waals surface area contributed by atoms with Gasteiger partial charge in [-0.1, -0.05) is 54.6 Å². The number of ether oxygens (including phenoxy) is 2. The van der Waals surface area contributed by atoms with Crippen LogP contribution in [0.15, 0.2) is 66.7 Å². The fraction of sp³-hybridized carbons (Fsp3) is 0.250. The summed E-state index contributed by atoms with van der Waals surface area (Å²) in [6.07, 6.45) is 1.68. The van der Waals surface area contributed by atoms with E-state index < -0.39 is 6.09 Å². The van der Waals surface area contributed by atoms with E-state index in [1.165, 1.54) is 22.3 Å². The molecule has 0 aromatic heterocycles. The maximum Gasteiger partial charge on any atom is 0.411 e. The minimum absolute atomic E-state index is 0.0187. The van der Waals surface area contributed by atoms with E-state index in [0.717, 1.165) is 16.8 Å². The molecule has 1 aliphatic carbocycles. The van der Waals surface area contributed by atoms with Gasteiger partial charge in [-0.05, 0) is 54.7 Å². The predicted molar refractivity (Wildman–Crippen MR) is 133 cm³/mol. The monoisotopic (exact) mass is 440 g/mol. The topological polar surface area (TPSA) is 59.6 Å². The largest absolute Gasteiger partial charge is 0.494 e. The first-order chi connectivity index (χ1) is 15.9. The van der Waals surface area contributed by atoms with Crippen LogP contribution in [-0.2, 0) is 4.74 Å². The number of benzene rings is 3. The van der Waals surface area contributed by atoms with Gasteiger partial charge in [0, 0.05) is 23.2 Å². The molecule has 0 bridgehead atoms. The zero-order valence-electron chi connectivity index (χ0n) is 19.4. The Morgan fingerprint density at radius 3 is 2.27 bits per heavy atom. The van der Waals surface area contributed by atoms with Crippen LogP contribution in [0.5, 0.6) is 5.75 Å². The van der Waals surface area contributed by atoms with Gasteiger partial charge in [0.25, 0.3) is 0 Å². The van der Waals surface area contributed by atoms with Gasteiger partial charge in [0.1, 0.15) is 12.4 Å². The molecule has 5 heteroatoms. The molecule has 168 valence electrons. The zero-order valence-corrected chi connectivity index (χ0v) is 19.4. The summed E-state index contributed by atoms with van der Waals surface area (Å²) in [5, 5.41) is 6.39. The van der Waals surface area contributed by atoms with Gasteiger partial charge in [-0.15, -0.1) is 0 Å². The molecule has 3 aromatic rings. The van der Waals surface area contributed by atoms with Gasteiger partial charge in [0.15, 0.2) is 0 Å². The first-order valence-electron chi connectivity index (χ1n) is 11.2. The van der Waals surface area contributed by atoms with Gasteiger partial charge >= 0.3 is 6.09 Å². The lowest BCUT2D eigenvalue weighted by molar-refractivity contribution is 0.158. The van der Waals surface area contributed by atoms with E-state index in [4.69, 9.17) is 9.47 Å². The molecular weight excluding hydrogens is 412 g/mol. The lowest BCUT2D eigenvalue weighted by Crippen LogP contribution is -2.31. The van der Waals surface area contributed by atoms with Crippen molar-refractivity contribution < 1.29 is 14.3 Å². The summed E-state index contributed by atoms with van der Waals surface area (Å²) in [5.74, 6) is 0.602. The van der Waals surface area contributed by atoms with E-state index in [-0.39, 0.29) is 18.1 Å². The van der Waals surface area contributed by atoms with Gasteiger partial charge in [-0.2, -0.15) is 0 Å². The summed E-state index contributed by atoms with van der Waals surface area (Å²) in [6.45, 7) is 6.58. The summed E-state index contributed by atoms with van der Waals surface area (Å²) < 4.78 is 11.3. The van der Waals surface area contributed by atoms with E-state index >= 15 is 0 Å². The Morgan fingerprint density at radius 2 is 1.64 bits per heavy atom. The highest BCUT2D eigenvalue weighted by Gasteiger charge is 2.29. The molecule has 5 rings (SSSR count). The van der Waals surface area contributed by atoms with Crippen molar-refractivity contribution in [2.45, 2.75) is 32.2 Å². The lowest BCUT2D eigenvalue weighted by atomic mass is 9.91. The van der Waals surface area contributed by atoms with Crippen LogP contribution in [0.4, 0.5) is 16.2 Å². The van der Waals surface area contributed by atoms with Crippen LogP contribution in [-0.4, -0.2) is 25.3 Å². The second kappa shape index (κ2) is 8.00. The quantitative estimate of drug-likeness (QED) is 0.476. The molecule has 0 unspecified atom stereocenters. The molecule has 0 atom stereocenters. The van der Waals surface area contributed by atoms with E-state index in [2.05, 4.69) is 61.7 Å². The second-order valence-corrected chi connectivity index (χ2v) is 9.22. The molecule has 2 N–H and O–H groups in total. The molecule has 33 heavy (non-hydrogen) atoms. The summed E-state index contributed by atoms with van der Waals surface area (Å²) in [6, 6.07) is 20.5. The minimum atomic E-state index is -0.499. The van der Waals surface area contributed by atoms with Crippen LogP contribution in [0.25, 0.3) is 16.7 Å². The van der Waals surface area contributed by atoms with Gasteiger partial charge in [0.05, 0.1) is 18.3 Å². The maximum absolute atomic E-state index is 12.8. The smallest absolute Gasteiger partial charge is 0.411 e. The second-order valence-electron chi connectivity index (χ2n) is 9.22. The Bertz CT molecular complexity index is 1230. The van der Waals surface area contributed by atoms with E-state index in [1.807, 2.05) is 36.4 Å². The van der Waals surface area contributed by atoms with Crippen molar-refractivity contribution >= 4 is 23.0 Å². The molecule has 5 nitrogen and oxygen atoms in total. The lowest BCUT2D eigenvalue weighted by Gasteiger charge is -2.32. The summed E-state index contributed by atoms with van der Waals surface area (Å²) in [5.41, 5.74) is 8.38. The molecule has 1 heterocycles. The van der Waals surface area contributed by atoms with E-state index in [1.54, 1.807) is 7.11 Å². The van der Waals surface area contributed by atoms with Gasteiger partial charge in [0.2, 0.25) is 0 Å². The van der Waals surface area contributed by atoms with Crippen LogP contribution >= 0.6 is 0 Å². The highest BCUT2D eigenvalue weighted by molar-refractivity contribution is 5.91. The normalized spacial score (nSPS) is 15.5. The Labute approximate surface area is 194 Å². The highest BCUT2D eigenvalue weighted by Crippen LogP contribution is 2.45. The van der Waals surface area contributed by atoms with Crippen molar-refractivity contribution in [3.05, 3.63) is 83.4 Å². The number of carbonyl (C=O) groups excluding carboxylic acids is 1. The third-order valence-electron chi connectivity index (χ3n) is 6.38. The van der Waals surface area contributed by atoms with Gasteiger partial charge in [-0.3, -0.25) is 5.32 Å². The number of allylic oxidation sites excluding steroid dienone is 1. The van der Waals surface area contributed by atoms with Crippen molar-refractivity contribution in [1.82, 2.24) is 0 Å². The summed E-state index contributed by atoms with van der Waals surface area (Å²) in [4.78, 5) is 12.8. The molecule has 0 radical (unpaired) electrons. The van der Waals surface area contributed by atoms with E-state index in [9.17, 15) is 4.79 Å². The number of nitrogens with one attached hydrogen (secondary N) is 2. The molecule has 0 saturated carbocycles. The number of methoxy groups -OCH3 is 1. The number of rotatable bonds is 4. The number of hydrogen-bond acceptors (Lipinski definition) is 4. The fourth-order valence-electron chi connectivity index (χ4n) is 5.02. The number of fused-ring (bicyclic) bond motifs is 4. The van der Waals surface area contributed by atoms with Crippen LogP contribution in [0.2, 0.25) is 0 Å². The molecular formula is C28H28N2O3. The van der Waals surface area contributed by atoms with Crippen LogP contribution < -0.4 is 15.4 Å². The third kappa shape index (κ3) is 3.84. The molecule has 1 amide bonds. The first kappa shape index (κ1) is 21.1. The molecule has 1 aliphatic heterocycles. The summed E-state index contributed by atoms with van der Waals surface area (Å²) in [7, 11) is 1.60. The number of anilines is 2. The van der Waals surface area contributed by atoms with Gasteiger partial charge in [-0.25, -0.2) is 4.79 Å². The van der Waals surface area contributed by atoms with Gasteiger partial charge < -0.3 is 14.8 Å². The van der Waals surface area contributed by atoms with Crippen LogP contribution in [0.1, 0.15) is 43.4 Å². The van der Waals surface area contributed by atoms with Crippen LogP contribution in [0, 0.1) is 0 Å². The minimum Gasteiger partial charge on any atom is -0.494 e. The van der Waals surface area contributed by atoms with E-state index in [0.29, 0.717) is 11.4 Å². The molecule has 0 spiro atoms. The molecule has 3 aromatic carbocycles. The molecule has 2 aliphatic rings.